The molecule has 2 heterocycles. The zero-order valence-electron chi connectivity index (χ0n) is 12.0. The smallest absolute Gasteiger partial charge is 0.0726 e. The summed E-state index contributed by atoms with van der Waals surface area (Å²) in [5, 5.41) is 1.05. The molecule has 4 nitrogen and oxygen atoms in total. The number of aromatic nitrogens is 1. The second-order valence-corrected chi connectivity index (χ2v) is 5.43. The normalized spacial score (nSPS) is 17.6. The Kier molecular flexibility index (Phi) is 3.85. The Labute approximate surface area is 120 Å². The molecule has 1 saturated heterocycles. The molecule has 1 aromatic carbocycles. The third-order valence-corrected chi connectivity index (χ3v) is 4.10. The van der Waals surface area contributed by atoms with E-state index >= 15 is 0 Å². The van der Waals surface area contributed by atoms with Crippen molar-refractivity contribution >= 4 is 16.6 Å². The quantitative estimate of drug-likeness (QED) is 0.926. The average Bonchev–Trinajstić information content (AvgIpc) is 2.48. The van der Waals surface area contributed by atoms with E-state index in [0.29, 0.717) is 0 Å². The minimum absolute atomic E-state index is 0.831. The summed E-state index contributed by atoms with van der Waals surface area (Å²) in [6.07, 6.45) is 0. The van der Waals surface area contributed by atoms with Gasteiger partial charge >= 0.3 is 0 Å². The van der Waals surface area contributed by atoms with E-state index in [-0.39, 0.29) is 0 Å². The predicted molar refractivity (Wildman–Crippen MR) is 83.5 cm³/mol. The molecular weight excluding hydrogens is 248 g/mol. The van der Waals surface area contributed by atoms with Crippen LogP contribution in [0, 0.1) is 0 Å². The molecule has 3 rings (SSSR count). The Morgan fingerprint density at radius 1 is 1.10 bits per heavy atom. The van der Waals surface area contributed by atoms with E-state index in [0.717, 1.165) is 61.6 Å². The maximum atomic E-state index is 6.14. The lowest BCUT2D eigenvalue weighted by atomic mass is 10.1. The lowest BCUT2D eigenvalue weighted by Crippen LogP contribution is -2.45. The van der Waals surface area contributed by atoms with Gasteiger partial charge in [0, 0.05) is 43.8 Å². The number of likely N-dealkylation sites (N-methyl/N-ethyl adjacent to an activating group) is 1. The molecule has 0 saturated carbocycles. The SMILES string of the molecule is CCN1CCN(Cc2cc(N)c3ccccc3n2)CC1. The number of hydrogen-bond acceptors (Lipinski definition) is 4. The summed E-state index contributed by atoms with van der Waals surface area (Å²) in [6.45, 7) is 8.80. The van der Waals surface area contributed by atoms with Gasteiger partial charge in [-0.3, -0.25) is 9.88 Å². The summed E-state index contributed by atoms with van der Waals surface area (Å²) in [5.41, 5.74) is 9.04. The number of nitrogens with zero attached hydrogens (tertiary/aromatic N) is 3. The van der Waals surface area contributed by atoms with Crippen molar-refractivity contribution in [3.05, 3.63) is 36.0 Å². The monoisotopic (exact) mass is 270 g/mol. The van der Waals surface area contributed by atoms with Gasteiger partial charge in [0.1, 0.15) is 0 Å². The van der Waals surface area contributed by atoms with E-state index in [9.17, 15) is 0 Å². The van der Waals surface area contributed by atoms with Crippen LogP contribution in [-0.4, -0.2) is 47.5 Å². The molecule has 2 N–H and O–H groups in total. The van der Waals surface area contributed by atoms with Gasteiger partial charge in [-0.2, -0.15) is 0 Å². The Bertz CT molecular complexity index is 588. The van der Waals surface area contributed by atoms with Crippen LogP contribution in [0.1, 0.15) is 12.6 Å². The lowest BCUT2D eigenvalue weighted by Gasteiger charge is -2.33. The van der Waals surface area contributed by atoms with Crippen molar-refractivity contribution in [2.24, 2.45) is 0 Å². The fourth-order valence-electron chi connectivity index (χ4n) is 2.83. The third kappa shape index (κ3) is 2.76. The van der Waals surface area contributed by atoms with Gasteiger partial charge in [0.05, 0.1) is 11.2 Å². The van der Waals surface area contributed by atoms with Crippen LogP contribution >= 0.6 is 0 Å². The van der Waals surface area contributed by atoms with Crippen molar-refractivity contribution in [1.29, 1.82) is 0 Å². The van der Waals surface area contributed by atoms with Crippen LogP contribution in [0.3, 0.4) is 0 Å². The lowest BCUT2D eigenvalue weighted by molar-refractivity contribution is 0.131. The molecule has 0 spiro atoms. The van der Waals surface area contributed by atoms with Crippen LogP contribution in [-0.2, 0) is 6.54 Å². The Balaban J connectivity index is 1.75. The number of pyridine rings is 1. The standard InChI is InChI=1S/C16H22N4/c1-2-19-7-9-20(10-8-19)12-13-11-15(17)14-5-3-4-6-16(14)18-13/h3-6,11H,2,7-10,12H2,1H3,(H2,17,18). The van der Waals surface area contributed by atoms with Gasteiger partial charge in [-0.1, -0.05) is 25.1 Å². The molecule has 1 aromatic heterocycles. The number of para-hydroxylation sites is 1. The molecule has 0 aliphatic carbocycles. The molecular formula is C16H22N4. The summed E-state index contributed by atoms with van der Waals surface area (Å²) in [6, 6.07) is 10.1. The predicted octanol–water partition coefficient (Wildman–Crippen LogP) is 1.95. The summed E-state index contributed by atoms with van der Waals surface area (Å²) < 4.78 is 0. The Morgan fingerprint density at radius 3 is 2.55 bits per heavy atom. The number of benzene rings is 1. The summed E-state index contributed by atoms with van der Waals surface area (Å²) in [7, 11) is 0. The van der Waals surface area contributed by atoms with Crippen LogP contribution in [0.5, 0.6) is 0 Å². The summed E-state index contributed by atoms with van der Waals surface area (Å²) in [4.78, 5) is 9.68. The molecule has 20 heavy (non-hydrogen) atoms. The first-order valence-corrected chi connectivity index (χ1v) is 7.35. The highest BCUT2D eigenvalue weighted by molar-refractivity contribution is 5.90. The van der Waals surface area contributed by atoms with E-state index in [1.54, 1.807) is 0 Å². The van der Waals surface area contributed by atoms with Gasteiger partial charge in [-0.05, 0) is 18.7 Å². The first kappa shape index (κ1) is 13.3. The average molecular weight is 270 g/mol. The van der Waals surface area contributed by atoms with E-state index in [2.05, 4.69) is 16.7 Å². The number of anilines is 1. The second-order valence-electron chi connectivity index (χ2n) is 5.43. The molecule has 1 aliphatic rings. The zero-order valence-corrected chi connectivity index (χ0v) is 12.0. The third-order valence-electron chi connectivity index (χ3n) is 4.10. The van der Waals surface area contributed by atoms with Crippen molar-refractivity contribution in [2.45, 2.75) is 13.5 Å². The highest BCUT2D eigenvalue weighted by Crippen LogP contribution is 2.21. The summed E-state index contributed by atoms with van der Waals surface area (Å²) >= 11 is 0. The van der Waals surface area contributed by atoms with Crippen molar-refractivity contribution in [2.75, 3.05) is 38.5 Å². The highest BCUT2D eigenvalue weighted by atomic mass is 15.3. The number of piperazine rings is 1. The fraction of sp³-hybridized carbons (Fsp3) is 0.438. The van der Waals surface area contributed by atoms with Crippen LogP contribution in [0.15, 0.2) is 30.3 Å². The fourth-order valence-corrected chi connectivity index (χ4v) is 2.83. The minimum Gasteiger partial charge on any atom is -0.398 e. The number of rotatable bonds is 3. The Hall–Kier alpha value is -1.65. The molecule has 0 unspecified atom stereocenters. The largest absolute Gasteiger partial charge is 0.398 e. The number of fused-ring (bicyclic) bond motifs is 1. The van der Waals surface area contributed by atoms with Crippen molar-refractivity contribution < 1.29 is 0 Å². The molecule has 0 radical (unpaired) electrons. The van der Waals surface area contributed by atoms with Crippen LogP contribution in [0.2, 0.25) is 0 Å². The van der Waals surface area contributed by atoms with E-state index < -0.39 is 0 Å². The molecule has 0 bridgehead atoms. The first-order chi connectivity index (χ1) is 9.76. The van der Waals surface area contributed by atoms with Crippen molar-refractivity contribution in [3.63, 3.8) is 0 Å². The number of nitrogens with two attached hydrogens (primary N) is 1. The number of hydrogen-bond donors (Lipinski definition) is 1. The molecule has 1 aliphatic heterocycles. The van der Waals surface area contributed by atoms with Crippen LogP contribution < -0.4 is 5.73 Å². The molecule has 2 aromatic rings. The van der Waals surface area contributed by atoms with E-state index in [4.69, 9.17) is 10.7 Å². The maximum Gasteiger partial charge on any atom is 0.0726 e. The molecule has 1 fully saturated rings. The van der Waals surface area contributed by atoms with Gasteiger partial charge < -0.3 is 10.6 Å². The van der Waals surface area contributed by atoms with Gasteiger partial charge in [0.2, 0.25) is 0 Å². The van der Waals surface area contributed by atoms with E-state index in [1.807, 2.05) is 30.3 Å². The number of nitrogen functional groups attached to an aromatic ring is 1. The van der Waals surface area contributed by atoms with E-state index in [1.165, 1.54) is 0 Å². The molecule has 0 atom stereocenters. The van der Waals surface area contributed by atoms with Crippen molar-refractivity contribution in [1.82, 2.24) is 14.8 Å². The van der Waals surface area contributed by atoms with Gasteiger partial charge in [-0.25, -0.2) is 0 Å². The molecule has 4 heteroatoms. The Morgan fingerprint density at radius 2 is 1.80 bits per heavy atom. The second kappa shape index (κ2) is 5.77. The highest BCUT2D eigenvalue weighted by Gasteiger charge is 2.16. The van der Waals surface area contributed by atoms with Crippen molar-refractivity contribution in [3.8, 4) is 0 Å². The topological polar surface area (TPSA) is 45.4 Å². The summed E-state index contributed by atoms with van der Waals surface area (Å²) in [5.74, 6) is 0. The van der Waals surface area contributed by atoms with Crippen LogP contribution in [0.25, 0.3) is 10.9 Å². The first-order valence-electron chi connectivity index (χ1n) is 7.35. The van der Waals surface area contributed by atoms with Gasteiger partial charge in [0.25, 0.3) is 0 Å². The van der Waals surface area contributed by atoms with Gasteiger partial charge in [-0.15, -0.1) is 0 Å². The van der Waals surface area contributed by atoms with Gasteiger partial charge in [0.15, 0.2) is 0 Å². The molecule has 106 valence electrons. The maximum absolute atomic E-state index is 6.14. The molecule has 0 amide bonds. The minimum atomic E-state index is 0.831. The zero-order chi connectivity index (χ0) is 13.9. The van der Waals surface area contributed by atoms with Crippen LogP contribution in [0.4, 0.5) is 5.69 Å².